The van der Waals surface area contributed by atoms with Crippen molar-refractivity contribution in [2.75, 3.05) is 12.3 Å². The van der Waals surface area contributed by atoms with Crippen LogP contribution in [-0.2, 0) is 0 Å². The van der Waals surface area contributed by atoms with Crippen molar-refractivity contribution in [3.63, 3.8) is 0 Å². The minimum atomic E-state index is 0.498. The van der Waals surface area contributed by atoms with E-state index in [4.69, 9.17) is 10.5 Å². The van der Waals surface area contributed by atoms with Crippen LogP contribution in [0.4, 0.5) is 5.82 Å². The highest BCUT2D eigenvalue weighted by Crippen LogP contribution is 2.21. The van der Waals surface area contributed by atoms with Crippen molar-refractivity contribution >= 4 is 16.7 Å². The van der Waals surface area contributed by atoms with E-state index in [0.717, 1.165) is 16.7 Å². The fourth-order valence-electron chi connectivity index (χ4n) is 1.31. The molecule has 4 nitrogen and oxygen atoms in total. The number of nitrogens with two attached hydrogens (primary N) is 1. The Kier molecular flexibility index (Phi) is 2.18. The molecule has 72 valence electrons. The standard InChI is InChI=1S/C10H11N3O/c1-2-14-7-3-4-8-9(5-7)12-6-13-10(8)11/h3-6H,2H2,1H3,(H2,11,12,13). The zero-order valence-electron chi connectivity index (χ0n) is 7.90. The molecule has 1 aromatic heterocycles. The van der Waals surface area contributed by atoms with Crippen molar-refractivity contribution < 1.29 is 4.74 Å². The monoisotopic (exact) mass is 189 g/mol. The quantitative estimate of drug-likeness (QED) is 0.779. The number of nitrogens with zero attached hydrogens (tertiary/aromatic N) is 2. The molecule has 0 aliphatic rings. The topological polar surface area (TPSA) is 61.0 Å². The van der Waals surface area contributed by atoms with Crippen LogP contribution < -0.4 is 10.5 Å². The molecule has 0 radical (unpaired) electrons. The van der Waals surface area contributed by atoms with Crippen LogP contribution in [0.2, 0.25) is 0 Å². The second-order valence-corrected chi connectivity index (χ2v) is 2.87. The lowest BCUT2D eigenvalue weighted by molar-refractivity contribution is 0.340. The van der Waals surface area contributed by atoms with E-state index in [0.29, 0.717) is 12.4 Å². The van der Waals surface area contributed by atoms with Gasteiger partial charge in [-0.05, 0) is 19.1 Å². The number of hydrogen-bond donors (Lipinski definition) is 1. The van der Waals surface area contributed by atoms with Gasteiger partial charge in [0, 0.05) is 11.5 Å². The predicted octanol–water partition coefficient (Wildman–Crippen LogP) is 1.61. The maximum atomic E-state index is 5.69. The van der Waals surface area contributed by atoms with Crippen molar-refractivity contribution in [1.82, 2.24) is 9.97 Å². The highest BCUT2D eigenvalue weighted by Gasteiger charge is 2.01. The van der Waals surface area contributed by atoms with Crippen LogP contribution >= 0.6 is 0 Å². The fraction of sp³-hybridized carbons (Fsp3) is 0.200. The lowest BCUT2D eigenvalue weighted by Gasteiger charge is -2.04. The van der Waals surface area contributed by atoms with Crippen LogP contribution in [0, 0.1) is 0 Å². The molecule has 14 heavy (non-hydrogen) atoms. The van der Waals surface area contributed by atoms with E-state index >= 15 is 0 Å². The summed E-state index contributed by atoms with van der Waals surface area (Å²) < 4.78 is 5.35. The van der Waals surface area contributed by atoms with Gasteiger partial charge in [-0.15, -0.1) is 0 Å². The molecular formula is C10H11N3O. The number of rotatable bonds is 2. The average Bonchev–Trinajstić information content (AvgIpc) is 2.18. The van der Waals surface area contributed by atoms with Crippen molar-refractivity contribution in [3.05, 3.63) is 24.5 Å². The Balaban J connectivity index is 2.56. The van der Waals surface area contributed by atoms with E-state index in [1.807, 2.05) is 25.1 Å². The summed E-state index contributed by atoms with van der Waals surface area (Å²) in [6.45, 7) is 2.59. The van der Waals surface area contributed by atoms with Crippen LogP contribution in [0.1, 0.15) is 6.92 Å². The van der Waals surface area contributed by atoms with Crippen LogP contribution in [-0.4, -0.2) is 16.6 Å². The normalized spacial score (nSPS) is 10.4. The van der Waals surface area contributed by atoms with E-state index in [1.54, 1.807) is 0 Å². The van der Waals surface area contributed by atoms with Gasteiger partial charge in [0.25, 0.3) is 0 Å². The van der Waals surface area contributed by atoms with Crippen LogP contribution in [0.15, 0.2) is 24.5 Å². The highest BCUT2D eigenvalue weighted by atomic mass is 16.5. The van der Waals surface area contributed by atoms with Gasteiger partial charge in [-0.1, -0.05) is 0 Å². The first-order valence-electron chi connectivity index (χ1n) is 4.44. The van der Waals surface area contributed by atoms with Gasteiger partial charge in [0.05, 0.1) is 12.1 Å². The van der Waals surface area contributed by atoms with Crippen molar-refractivity contribution in [2.45, 2.75) is 6.92 Å². The van der Waals surface area contributed by atoms with Gasteiger partial charge in [-0.25, -0.2) is 9.97 Å². The predicted molar refractivity (Wildman–Crippen MR) is 55.1 cm³/mol. The molecule has 0 aliphatic heterocycles. The van der Waals surface area contributed by atoms with E-state index in [-0.39, 0.29) is 0 Å². The van der Waals surface area contributed by atoms with Crippen molar-refractivity contribution in [1.29, 1.82) is 0 Å². The first-order chi connectivity index (χ1) is 6.81. The molecule has 0 bridgehead atoms. The van der Waals surface area contributed by atoms with Gasteiger partial charge in [0.15, 0.2) is 0 Å². The zero-order valence-corrected chi connectivity index (χ0v) is 7.90. The van der Waals surface area contributed by atoms with Crippen LogP contribution in [0.3, 0.4) is 0 Å². The molecule has 0 atom stereocenters. The smallest absolute Gasteiger partial charge is 0.134 e. The number of hydrogen-bond acceptors (Lipinski definition) is 4. The summed E-state index contributed by atoms with van der Waals surface area (Å²) in [6.07, 6.45) is 1.45. The lowest BCUT2D eigenvalue weighted by atomic mass is 10.2. The largest absolute Gasteiger partial charge is 0.494 e. The maximum absolute atomic E-state index is 5.69. The molecule has 0 saturated heterocycles. The Morgan fingerprint density at radius 3 is 3.00 bits per heavy atom. The number of benzene rings is 1. The molecule has 4 heteroatoms. The second kappa shape index (κ2) is 3.49. The molecule has 0 saturated carbocycles. The zero-order chi connectivity index (χ0) is 9.97. The van der Waals surface area contributed by atoms with Crippen LogP contribution in [0.5, 0.6) is 5.75 Å². The molecule has 0 unspecified atom stereocenters. The average molecular weight is 189 g/mol. The SMILES string of the molecule is CCOc1ccc2c(N)ncnc2c1. The second-order valence-electron chi connectivity index (χ2n) is 2.87. The third-order valence-electron chi connectivity index (χ3n) is 1.95. The summed E-state index contributed by atoms with van der Waals surface area (Å²) in [5.74, 6) is 1.30. The first kappa shape index (κ1) is 8.74. The van der Waals surface area contributed by atoms with E-state index in [1.165, 1.54) is 6.33 Å². The number of fused-ring (bicyclic) bond motifs is 1. The van der Waals surface area contributed by atoms with Gasteiger partial charge < -0.3 is 10.5 Å². The fourth-order valence-corrected chi connectivity index (χ4v) is 1.31. The minimum Gasteiger partial charge on any atom is -0.494 e. The van der Waals surface area contributed by atoms with Crippen LogP contribution in [0.25, 0.3) is 10.9 Å². The minimum absolute atomic E-state index is 0.498. The number of aromatic nitrogens is 2. The lowest BCUT2D eigenvalue weighted by Crippen LogP contribution is -1.95. The van der Waals surface area contributed by atoms with Gasteiger partial charge in [0.2, 0.25) is 0 Å². The van der Waals surface area contributed by atoms with E-state index in [2.05, 4.69) is 9.97 Å². The first-order valence-corrected chi connectivity index (χ1v) is 4.44. The van der Waals surface area contributed by atoms with Crippen molar-refractivity contribution in [3.8, 4) is 5.75 Å². The summed E-state index contributed by atoms with van der Waals surface area (Å²) in [5, 5.41) is 0.857. The Hall–Kier alpha value is -1.84. The third-order valence-corrected chi connectivity index (χ3v) is 1.95. The molecule has 1 aromatic carbocycles. The highest BCUT2D eigenvalue weighted by molar-refractivity contribution is 5.88. The van der Waals surface area contributed by atoms with E-state index < -0.39 is 0 Å². The van der Waals surface area contributed by atoms with Gasteiger partial charge in [0.1, 0.15) is 17.9 Å². The molecule has 2 rings (SSSR count). The maximum Gasteiger partial charge on any atom is 0.134 e. The molecule has 2 N–H and O–H groups in total. The van der Waals surface area contributed by atoms with Crippen molar-refractivity contribution in [2.24, 2.45) is 0 Å². The molecular weight excluding hydrogens is 178 g/mol. The summed E-state index contributed by atoms with van der Waals surface area (Å²) in [5.41, 5.74) is 6.50. The summed E-state index contributed by atoms with van der Waals surface area (Å²) >= 11 is 0. The Morgan fingerprint density at radius 2 is 2.21 bits per heavy atom. The van der Waals surface area contributed by atoms with Gasteiger partial charge in [-0.3, -0.25) is 0 Å². The summed E-state index contributed by atoms with van der Waals surface area (Å²) in [7, 11) is 0. The Labute approximate surface area is 81.7 Å². The molecule has 2 aromatic rings. The third kappa shape index (κ3) is 1.46. The summed E-state index contributed by atoms with van der Waals surface area (Å²) in [4.78, 5) is 8.02. The molecule has 0 spiro atoms. The Morgan fingerprint density at radius 1 is 1.36 bits per heavy atom. The van der Waals surface area contributed by atoms with E-state index in [9.17, 15) is 0 Å². The molecule has 0 amide bonds. The molecule has 1 heterocycles. The van der Waals surface area contributed by atoms with Gasteiger partial charge >= 0.3 is 0 Å². The summed E-state index contributed by atoms with van der Waals surface area (Å²) in [6, 6.07) is 5.60. The molecule has 0 aliphatic carbocycles. The number of ether oxygens (including phenoxy) is 1. The number of nitrogen functional groups attached to an aromatic ring is 1. The molecule has 0 fully saturated rings. The van der Waals surface area contributed by atoms with Gasteiger partial charge in [-0.2, -0.15) is 0 Å². The Bertz CT molecular complexity index is 456. The number of anilines is 1.